The zero-order chi connectivity index (χ0) is 10.6. The highest BCUT2D eigenvalue weighted by Gasteiger charge is 2.21. The third-order valence-corrected chi connectivity index (χ3v) is 1.71. The minimum Gasteiger partial charge on any atom is -0.357 e. The van der Waals surface area contributed by atoms with Crippen molar-refractivity contribution < 1.29 is 18.9 Å². The van der Waals surface area contributed by atoms with Crippen molar-refractivity contribution in [1.29, 1.82) is 0 Å². The zero-order valence-corrected chi connectivity index (χ0v) is 7.80. The Morgan fingerprint density at radius 1 is 1.64 bits per heavy atom. The molecule has 0 saturated carbocycles. The third-order valence-electron chi connectivity index (χ3n) is 1.71. The summed E-state index contributed by atoms with van der Waals surface area (Å²) in [4.78, 5) is 9.90. The first-order chi connectivity index (χ1) is 6.69. The molecule has 1 aromatic rings. The van der Waals surface area contributed by atoms with Crippen LogP contribution in [0.4, 0.5) is 5.69 Å². The molecule has 0 N–H and O–H groups in total. The molecule has 0 atom stereocenters. The minimum absolute atomic E-state index is 0.163. The van der Waals surface area contributed by atoms with Gasteiger partial charge < -0.3 is 14.0 Å². The van der Waals surface area contributed by atoms with Gasteiger partial charge in [0.15, 0.2) is 12.0 Å². The average molecular weight is 202 g/mol. The summed E-state index contributed by atoms with van der Waals surface area (Å²) in [5.74, 6) is 0. The Morgan fingerprint density at radius 3 is 2.79 bits per heavy atom. The molecule has 0 aromatic carbocycles. The first-order valence-electron chi connectivity index (χ1n) is 3.82. The van der Waals surface area contributed by atoms with Gasteiger partial charge in [-0.3, -0.25) is 10.1 Å². The van der Waals surface area contributed by atoms with Crippen molar-refractivity contribution in [2.75, 3.05) is 14.2 Å². The van der Waals surface area contributed by atoms with Gasteiger partial charge >= 0.3 is 5.69 Å². The van der Waals surface area contributed by atoms with E-state index < -0.39 is 11.2 Å². The second-order valence-electron chi connectivity index (χ2n) is 2.51. The van der Waals surface area contributed by atoms with Crippen molar-refractivity contribution >= 4 is 5.69 Å². The summed E-state index contributed by atoms with van der Waals surface area (Å²) in [5, 5.41) is 14.0. The Labute approximate surface area is 79.7 Å². The Kier molecular flexibility index (Phi) is 3.55. The summed E-state index contributed by atoms with van der Waals surface area (Å²) in [7, 11) is 2.89. The van der Waals surface area contributed by atoms with Gasteiger partial charge in [0.25, 0.3) is 0 Å². The van der Waals surface area contributed by atoms with Crippen molar-refractivity contribution in [2.45, 2.75) is 12.7 Å². The molecule has 0 aliphatic rings. The van der Waals surface area contributed by atoms with E-state index in [0.29, 0.717) is 0 Å². The molecule has 0 bridgehead atoms. The Morgan fingerprint density at radius 2 is 2.29 bits per heavy atom. The summed E-state index contributed by atoms with van der Waals surface area (Å²) in [5.41, 5.74) is 0.0489. The van der Waals surface area contributed by atoms with Gasteiger partial charge in [-0.2, -0.15) is 0 Å². The van der Waals surface area contributed by atoms with E-state index in [1.54, 1.807) is 0 Å². The highest BCUT2D eigenvalue weighted by molar-refractivity contribution is 5.30. The number of nitrogens with zero attached hydrogens (tertiary/aromatic N) is 2. The Balaban J connectivity index is 2.75. The van der Waals surface area contributed by atoms with Crippen LogP contribution in [-0.2, 0) is 15.9 Å². The summed E-state index contributed by atoms with van der Waals surface area (Å²) >= 11 is 0. The predicted molar refractivity (Wildman–Crippen MR) is 44.7 cm³/mol. The predicted octanol–water partition coefficient (Wildman–Crippen LogP) is 0.744. The van der Waals surface area contributed by atoms with Crippen LogP contribution in [0.5, 0.6) is 0 Å². The number of methoxy groups -OCH3 is 2. The van der Waals surface area contributed by atoms with E-state index in [4.69, 9.17) is 9.47 Å². The van der Waals surface area contributed by atoms with Gasteiger partial charge in [-0.15, -0.1) is 0 Å². The standard InChI is InChI=1S/C7H10N2O5/c1-12-7(13-2)3-5-6(9(10)11)4-14-8-5/h4,7H,3H2,1-2H3. The summed E-state index contributed by atoms with van der Waals surface area (Å²) in [6.45, 7) is 0. The lowest BCUT2D eigenvalue weighted by atomic mass is 10.3. The van der Waals surface area contributed by atoms with Crippen LogP contribution >= 0.6 is 0 Å². The average Bonchev–Trinajstić information content (AvgIpc) is 2.62. The van der Waals surface area contributed by atoms with E-state index in [2.05, 4.69) is 9.68 Å². The van der Waals surface area contributed by atoms with Crippen molar-refractivity contribution in [3.63, 3.8) is 0 Å². The first kappa shape index (κ1) is 10.6. The Bertz CT molecular complexity index is 307. The van der Waals surface area contributed by atoms with E-state index in [1.807, 2.05) is 0 Å². The highest BCUT2D eigenvalue weighted by atomic mass is 16.7. The van der Waals surface area contributed by atoms with Crippen molar-refractivity contribution in [2.24, 2.45) is 0 Å². The normalized spacial score (nSPS) is 10.8. The summed E-state index contributed by atoms with van der Waals surface area (Å²) < 4.78 is 14.3. The van der Waals surface area contributed by atoms with Crippen molar-refractivity contribution in [3.8, 4) is 0 Å². The molecule has 0 spiro atoms. The van der Waals surface area contributed by atoms with Gasteiger partial charge in [-0.05, 0) is 0 Å². The molecule has 0 fully saturated rings. The van der Waals surface area contributed by atoms with Gasteiger partial charge in [0.2, 0.25) is 6.26 Å². The number of hydrogen-bond acceptors (Lipinski definition) is 6. The molecule has 0 radical (unpaired) electrons. The minimum atomic E-state index is -0.561. The lowest BCUT2D eigenvalue weighted by Crippen LogP contribution is -2.16. The third kappa shape index (κ3) is 2.27. The van der Waals surface area contributed by atoms with E-state index in [1.165, 1.54) is 14.2 Å². The Hall–Kier alpha value is -1.47. The fraction of sp³-hybridized carbons (Fsp3) is 0.571. The molecule has 7 nitrogen and oxygen atoms in total. The van der Waals surface area contributed by atoms with Crippen LogP contribution in [-0.4, -0.2) is 30.6 Å². The fourth-order valence-electron chi connectivity index (χ4n) is 0.966. The van der Waals surface area contributed by atoms with Crippen LogP contribution in [0.1, 0.15) is 5.69 Å². The molecular weight excluding hydrogens is 192 g/mol. The van der Waals surface area contributed by atoms with Crippen molar-refractivity contribution in [3.05, 3.63) is 22.1 Å². The van der Waals surface area contributed by atoms with Crippen LogP contribution in [0.3, 0.4) is 0 Å². The maximum Gasteiger partial charge on any atom is 0.331 e. The quantitative estimate of drug-likeness (QED) is 0.397. The second kappa shape index (κ2) is 4.68. The molecule has 7 heteroatoms. The molecule has 1 heterocycles. The van der Waals surface area contributed by atoms with E-state index >= 15 is 0 Å². The van der Waals surface area contributed by atoms with Crippen LogP contribution in [0, 0.1) is 10.1 Å². The smallest absolute Gasteiger partial charge is 0.331 e. The van der Waals surface area contributed by atoms with E-state index in [0.717, 1.165) is 6.26 Å². The molecule has 1 rings (SSSR count). The van der Waals surface area contributed by atoms with Gasteiger partial charge in [0.05, 0.1) is 11.3 Å². The maximum absolute atomic E-state index is 10.5. The number of aromatic nitrogens is 1. The first-order valence-corrected chi connectivity index (χ1v) is 3.82. The van der Waals surface area contributed by atoms with E-state index in [9.17, 15) is 10.1 Å². The van der Waals surface area contributed by atoms with Gasteiger partial charge in [-0.25, -0.2) is 0 Å². The molecule has 0 unspecified atom stereocenters. The molecule has 0 aliphatic carbocycles. The number of ether oxygens (including phenoxy) is 2. The molecule has 1 aromatic heterocycles. The van der Waals surface area contributed by atoms with Crippen molar-refractivity contribution in [1.82, 2.24) is 5.16 Å². The largest absolute Gasteiger partial charge is 0.357 e. The fourth-order valence-corrected chi connectivity index (χ4v) is 0.966. The topological polar surface area (TPSA) is 87.6 Å². The molecule has 0 saturated heterocycles. The van der Waals surface area contributed by atoms with Crippen LogP contribution in [0.2, 0.25) is 0 Å². The maximum atomic E-state index is 10.5. The zero-order valence-electron chi connectivity index (χ0n) is 7.80. The molecule has 78 valence electrons. The molecule has 0 aliphatic heterocycles. The van der Waals surface area contributed by atoms with Gasteiger partial charge in [0, 0.05) is 14.2 Å². The summed E-state index contributed by atoms with van der Waals surface area (Å²) in [6.07, 6.45) is 0.608. The van der Waals surface area contributed by atoms with Gasteiger partial charge in [-0.1, -0.05) is 5.16 Å². The van der Waals surface area contributed by atoms with Crippen LogP contribution < -0.4 is 0 Å². The van der Waals surface area contributed by atoms with E-state index in [-0.39, 0.29) is 17.8 Å². The van der Waals surface area contributed by atoms with Gasteiger partial charge in [0.1, 0.15) is 0 Å². The lowest BCUT2D eigenvalue weighted by molar-refractivity contribution is -0.386. The second-order valence-corrected chi connectivity index (χ2v) is 2.51. The lowest BCUT2D eigenvalue weighted by Gasteiger charge is -2.10. The summed E-state index contributed by atoms with van der Waals surface area (Å²) in [6, 6.07) is 0. The highest BCUT2D eigenvalue weighted by Crippen LogP contribution is 2.18. The number of hydrogen-bond donors (Lipinski definition) is 0. The van der Waals surface area contributed by atoms with Crippen LogP contribution in [0.25, 0.3) is 0 Å². The SMILES string of the molecule is COC(Cc1nocc1[N+](=O)[O-])OC. The molecule has 14 heavy (non-hydrogen) atoms. The molecule has 0 amide bonds. The number of nitro groups is 1. The monoisotopic (exact) mass is 202 g/mol. The van der Waals surface area contributed by atoms with Crippen LogP contribution in [0.15, 0.2) is 10.8 Å². The molecular formula is C7H10N2O5. The number of rotatable bonds is 5.